The zero-order chi connectivity index (χ0) is 22.5. The highest BCUT2D eigenvalue weighted by molar-refractivity contribution is 9.10. The quantitative estimate of drug-likeness (QED) is 0.429. The van der Waals surface area contributed by atoms with Gasteiger partial charge in [-0.05, 0) is 65.1 Å². The van der Waals surface area contributed by atoms with Crippen LogP contribution in [0.25, 0.3) is 10.9 Å². The lowest BCUT2D eigenvalue weighted by atomic mass is 9.68. The molecule has 8 heteroatoms. The van der Waals surface area contributed by atoms with Crippen molar-refractivity contribution in [1.29, 1.82) is 0 Å². The van der Waals surface area contributed by atoms with Gasteiger partial charge in [0.15, 0.2) is 12.4 Å². The van der Waals surface area contributed by atoms with Gasteiger partial charge in [-0.15, -0.1) is 0 Å². The zero-order valence-electron chi connectivity index (χ0n) is 17.9. The van der Waals surface area contributed by atoms with Crippen LogP contribution in [0.15, 0.2) is 47.3 Å². The van der Waals surface area contributed by atoms with Crippen molar-refractivity contribution in [2.45, 2.75) is 24.5 Å². The highest BCUT2D eigenvalue weighted by Crippen LogP contribution is 2.49. The van der Waals surface area contributed by atoms with Crippen LogP contribution >= 0.6 is 15.9 Å². The Morgan fingerprint density at radius 3 is 2.94 bits per heavy atom. The summed E-state index contributed by atoms with van der Waals surface area (Å²) < 4.78 is 12.0. The molecule has 0 radical (unpaired) electrons. The molecule has 1 aliphatic carbocycles. The molecule has 1 N–H and O–H groups in total. The number of ketones is 1. The Balaban J connectivity index is 1.39. The lowest BCUT2D eigenvalue weighted by Crippen LogP contribution is -2.60. The maximum atomic E-state index is 13.1. The van der Waals surface area contributed by atoms with E-state index in [4.69, 9.17) is 9.47 Å². The molecular weight excluding hydrogens is 474 g/mol. The number of hydrogen-bond acceptors (Lipinski definition) is 6. The van der Waals surface area contributed by atoms with Crippen molar-refractivity contribution in [3.8, 4) is 0 Å². The number of aromatic nitrogens is 2. The Morgan fingerprint density at radius 2 is 2.16 bits per heavy atom. The molecule has 2 aromatic heterocycles. The Labute approximate surface area is 194 Å². The first-order valence-corrected chi connectivity index (χ1v) is 11.4. The van der Waals surface area contributed by atoms with Gasteiger partial charge in [0.25, 0.3) is 0 Å². The second kappa shape index (κ2) is 8.10. The second-order valence-electron chi connectivity index (χ2n) is 8.58. The summed E-state index contributed by atoms with van der Waals surface area (Å²) in [6.45, 7) is 0.321. The van der Waals surface area contributed by atoms with Crippen LogP contribution in [-0.2, 0) is 26.3 Å². The summed E-state index contributed by atoms with van der Waals surface area (Å²) in [4.78, 5) is 35.2. The Kier molecular flexibility index (Phi) is 5.39. The number of carbonyl (C=O) groups excluding carboxylic acids is 2. The van der Waals surface area contributed by atoms with Crippen LogP contribution in [0, 0.1) is 5.92 Å². The molecule has 0 amide bonds. The summed E-state index contributed by atoms with van der Waals surface area (Å²) in [6.07, 6.45) is 5.06. The maximum absolute atomic E-state index is 13.1. The number of halogens is 1. The van der Waals surface area contributed by atoms with Crippen molar-refractivity contribution in [2.24, 2.45) is 5.92 Å². The predicted molar refractivity (Wildman–Crippen MR) is 122 cm³/mol. The smallest absolute Gasteiger partial charge is 0.341 e. The number of nitrogens with zero attached hydrogens (tertiary/aromatic N) is 2. The molecule has 0 spiro atoms. The van der Waals surface area contributed by atoms with Crippen molar-refractivity contribution in [2.75, 3.05) is 27.3 Å². The van der Waals surface area contributed by atoms with E-state index in [9.17, 15) is 9.59 Å². The van der Waals surface area contributed by atoms with Gasteiger partial charge in [0.1, 0.15) is 10.2 Å². The number of ether oxygens (including phenoxy) is 2. The fourth-order valence-corrected chi connectivity index (χ4v) is 5.81. The minimum Gasteiger partial charge on any atom is -0.454 e. The Bertz CT molecular complexity index is 1210. The minimum atomic E-state index is -0.599. The van der Waals surface area contributed by atoms with Gasteiger partial charge in [0, 0.05) is 48.9 Å². The molecule has 166 valence electrons. The third kappa shape index (κ3) is 3.29. The zero-order valence-corrected chi connectivity index (χ0v) is 19.5. The number of aromatic amines is 1. The summed E-state index contributed by atoms with van der Waals surface area (Å²) in [5.41, 5.74) is 3.18. The van der Waals surface area contributed by atoms with Gasteiger partial charge in [-0.1, -0.05) is 12.1 Å². The van der Waals surface area contributed by atoms with E-state index in [1.165, 1.54) is 10.9 Å². The van der Waals surface area contributed by atoms with Crippen molar-refractivity contribution in [1.82, 2.24) is 14.9 Å². The fourth-order valence-electron chi connectivity index (χ4n) is 5.40. The maximum Gasteiger partial charge on any atom is 0.341 e. The second-order valence-corrected chi connectivity index (χ2v) is 9.33. The third-order valence-corrected chi connectivity index (χ3v) is 7.56. The Morgan fingerprint density at radius 1 is 1.31 bits per heavy atom. The summed E-state index contributed by atoms with van der Waals surface area (Å²) in [7, 11) is 3.76. The minimum absolute atomic E-state index is 0.105. The molecule has 3 heterocycles. The van der Waals surface area contributed by atoms with Crippen molar-refractivity contribution >= 4 is 38.6 Å². The lowest BCUT2D eigenvalue weighted by Gasteiger charge is -2.52. The third-order valence-electron chi connectivity index (χ3n) is 6.93. The van der Waals surface area contributed by atoms with Crippen LogP contribution < -0.4 is 0 Å². The van der Waals surface area contributed by atoms with E-state index in [-0.39, 0.29) is 24.3 Å². The molecule has 3 atom stereocenters. The van der Waals surface area contributed by atoms with Crippen molar-refractivity contribution in [3.63, 3.8) is 0 Å². The summed E-state index contributed by atoms with van der Waals surface area (Å²) in [5, 5.41) is 1.19. The number of hydrogen-bond donors (Lipinski definition) is 1. The first-order valence-electron chi connectivity index (χ1n) is 10.6. The van der Waals surface area contributed by atoms with Gasteiger partial charge in [0.05, 0.1) is 5.56 Å². The molecule has 3 aromatic rings. The van der Waals surface area contributed by atoms with Crippen LogP contribution in [0.5, 0.6) is 0 Å². The van der Waals surface area contributed by atoms with Gasteiger partial charge >= 0.3 is 5.97 Å². The number of carbonyl (C=O) groups is 2. The number of likely N-dealkylation sites (tertiary alicyclic amines) is 1. The number of methoxy groups -OCH3 is 1. The molecule has 1 saturated heterocycles. The number of rotatable bonds is 5. The highest BCUT2D eigenvalue weighted by Gasteiger charge is 2.52. The van der Waals surface area contributed by atoms with Crippen LogP contribution in [0.3, 0.4) is 0 Å². The molecule has 2 aliphatic rings. The predicted octanol–water partition coefficient (Wildman–Crippen LogP) is 3.47. The first-order chi connectivity index (χ1) is 15.4. The number of Topliss-reactive ketones (excluding diaryl/α,β-unsaturated/α-hetero) is 1. The standard InChI is InChI=1S/C24H24BrN3O4/c1-28-12-15(19(29)13-32-23(30)16-5-4-8-26-22(16)25)10-24(31-2)17-6-3-7-18-21(17)14(11-27-18)9-20(24)28/h3-8,11,15,20,27H,9-10,12-13H2,1-2H3. The summed E-state index contributed by atoms with van der Waals surface area (Å²) in [5.74, 6) is -0.981. The summed E-state index contributed by atoms with van der Waals surface area (Å²) >= 11 is 3.24. The number of pyridine rings is 1. The average Bonchev–Trinajstić information content (AvgIpc) is 3.22. The first kappa shape index (κ1) is 21.3. The van der Waals surface area contributed by atoms with Gasteiger partial charge in [-0.25, -0.2) is 9.78 Å². The molecule has 1 aromatic carbocycles. The average molecular weight is 498 g/mol. The number of piperidine rings is 1. The number of likely N-dealkylation sites (N-methyl/N-ethyl adjacent to an activating group) is 1. The van der Waals surface area contributed by atoms with Gasteiger partial charge in [-0.3, -0.25) is 9.69 Å². The molecule has 1 fully saturated rings. The van der Waals surface area contributed by atoms with E-state index in [2.05, 4.69) is 49.1 Å². The normalized spacial score (nSPS) is 24.8. The molecule has 0 bridgehead atoms. The van der Waals surface area contributed by atoms with Crippen molar-refractivity contribution in [3.05, 3.63) is 64.0 Å². The number of fused-ring (bicyclic) bond motifs is 2. The van der Waals surface area contributed by atoms with Crippen LogP contribution in [0.1, 0.15) is 27.9 Å². The van der Waals surface area contributed by atoms with E-state index in [1.54, 1.807) is 25.4 Å². The van der Waals surface area contributed by atoms with E-state index in [0.717, 1.165) is 17.5 Å². The topological polar surface area (TPSA) is 84.5 Å². The van der Waals surface area contributed by atoms with Crippen molar-refractivity contribution < 1.29 is 19.1 Å². The molecular formula is C24H24BrN3O4. The lowest BCUT2D eigenvalue weighted by molar-refractivity contribution is -0.147. The van der Waals surface area contributed by atoms with Crippen LogP contribution in [0.4, 0.5) is 0 Å². The van der Waals surface area contributed by atoms with Gasteiger partial charge in [-0.2, -0.15) is 0 Å². The monoisotopic (exact) mass is 497 g/mol. The van der Waals surface area contributed by atoms with E-state index in [0.29, 0.717) is 23.1 Å². The molecule has 7 nitrogen and oxygen atoms in total. The van der Waals surface area contributed by atoms with Gasteiger partial charge < -0.3 is 14.5 Å². The molecule has 3 unspecified atom stereocenters. The molecule has 1 aliphatic heterocycles. The van der Waals surface area contributed by atoms with Crippen LogP contribution in [0.2, 0.25) is 0 Å². The van der Waals surface area contributed by atoms with E-state index in [1.807, 2.05) is 13.1 Å². The SMILES string of the molecule is COC12CC(C(=O)COC(=O)c3cccnc3Br)CN(C)C1Cc1c[nH]c3cccc2c13. The van der Waals surface area contributed by atoms with E-state index < -0.39 is 11.6 Å². The number of benzene rings is 1. The molecule has 32 heavy (non-hydrogen) atoms. The molecule has 0 saturated carbocycles. The van der Waals surface area contributed by atoms with Crippen LogP contribution in [-0.4, -0.2) is 60.0 Å². The molecule has 5 rings (SSSR count). The Hall–Kier alpha value is -2.55. The number of H-pyrrole nitrogens is 1. The summed E-state index contributed by atoms with van der Waals surface area (Å²) in [6, 6.07) is 9.59. The largest absolute Gasteiger partial charge is 0.454 e. The highest BCUT2D eigenvalue weighted by atomic mass is 79.9. The number of esters is 1. The number of nitrogens with one attached hydrogen (secondary N) is 1. The van der Waals surface area contributed by atoms with Gasteiger partial charge in [0.2, 0.25) is 0 Å². The fraction of sp³-hybridized carbons (Fsp3) is 0.375. The van der Waals surface area contributed by atoms with E-state index >= 15 is 0 Å².